The third kappa shape index (κ3) is 3.95. The second-order valence-electron chi connectivity index (χ2n) is 6.59. The molecule has 0 atom stereocenters. The Morgan fingerprint density at radius 2 is 1.86 bits per heavy atom. The van der Waals surface area contributed by atoms with Crippen LogP contribution in [0.4, 0.5) is 0 Å². The Balaban J connectivity index is 1.45. The molecular formula is C18H15Cl3N4O3S. The number of aromatic nitrogens is 2. The second kappa shape index (κ2) is 8.12. The monoisotopic (exact) mass is 472 g/mol. The number of fused-ring (bicyclic) bond motifs is 1. The lowest BCUT2D eigenvalue weighted by molar-refractivity contribution is 0.0624. The van der Waals surface area contributed by atoms with E-state index in [0.717, 1.165) is 0 Å². The first-order valence-corrected chi connectivity index (χ1v) is 10.7. The van der Waals surface area contributed by atoms with E-state index >= 15 is 0 Å². The van der Waals surface area contributed by atoms with E-state index in [-0.39, 0.29) is 31.9 Å². The molecule has 7 nitrogen and oxygen atoms in total. The standard InChI is InChI=1S/C18H15Cl3N4O3S/c19-11-8-12(20)16(27)14(15(11)21)17(28)24-3-1-23(2-4-24)9-10-7-13(26)25-5-6-29-18(25)22-10/h5-8,27H,1-4,9H2. The Morgan fingerprint density at radius 3 is 2.59 bits per heavy atom. The molecule has 0 spiro atoms. The first-order valence-electron chi connectivity index (χ1n) is 8.69. The molecule has 1 aromatic carbocycles. The van der Waals surface area contributed by atoms with Gasteiger partial charge in [0.1, 0.15) is 11.3 Å². The van der Waals surface area contributed by atoms with Crippen LogP contribution in [0.3, 0.4) is 0 Å². The summed E-state index contributed by atoms with van der Waals surface area (Å²) in [5.41, 5.74) is 0.498. The van der Waals surface area contributed by atoms with Crippen molar-refractivity contribution in [2.24, 2.45) is 0 Å². The van der Waals surface area contributed by atoms with Crippen molar-refractivity contribution in [2.45, 2.75) is 6.54 Å². The molecule has 0 aliphatic carbocycles. The van der Waals surface area contributed by atoms with E-state index in [1.165, 1.54) is 27.9 Å². The van der Waals surface area contributed by atoms with Crippen molar-refractivity contribution in [1.29, 1.82) is 0 Å². The average Bonchev–Trinajstić information content (AvgIpc) is 3.16. The fourth-order valence-corrected chi connectivity index (χ4v) is 4.67. The normalized spacial score (nSPS) is 15.2. The first kappa shape index (κ1) is 20.4. The Hall–Kier alpha value is -1.84. The van der Waals surface area contributed by atoms with Crippen molar-refractivity contribution in [3.63, 3.8) is 0 Å². The van der Waals surface area contributed by atoms with Crippen molar-refractivity contribution in [1.82, 2.24) is 19.2 Å². The number of phenolic OH excluding ortho intramolecular Hbond substituents is 1. The minimum absolute atomic E-state index is 0.0186. The average molecular weight is 474 g/mol. The largest absolute Gasteiger partial charge is 0.505 e. The maximum Gasteiger partial charge on any atom is 0.259 e. The van der Waals surface area contributed by atoms with E-state index in [2.05, 4.69) is 9.88 Å². The van der Waals surface area contributed by atoms with Gasteiger partial charge in [0.15, 0.2) is 4.96 Å². The molecule has 0 unspecified atom stereocenters. The second-order valence-corrected chi connectivity index (χ2v) is 8.65. The number of carbonyl (C=O) groups excluding carboxylic acids is 1. The molecule has 0 saturated carbocycles. The fourth-order valence-electron chi connectivity index (χ4n) is 3.25. The molecule has 1 aliphatic rings. The number of piperazine rings is 1. The zero-order valence-electron chi connectivity index (χ0n) is 14.9. The van der Waals surface area contributed by atoms with E-state index in [9.17, 15) is 14.7 Å². The van der Waals surface area contributed by atoms with Crippen LogP contribution in [0, 0.1) is 0 Å². The summed E-state index contributed by atoms with van der Waals surface area (Å²) in [6.07, 6.45) is 1.70. The number of amides is 1. The van der Waals surface area contributed by atoms with Crippen LogP contribution in [0.25, 0.3) is 4.96 Å². The molecule has 29 heavy (non-hydrogen) atoms. The van der Waals surface area contributed by atoms with Crippen molar-refractivity contribution in [3.05, 3.63) is 60.4 Å². The van der Waals surface area contributed by atoms with E-state index in [0.29, 0.717) is 43.4 Å². The maximum absolute atomic E-state index is 12.9. The van der Waals surface area contributed by atoms with Gasteiger partial charge >= 0.3 is 0 Å². The highest BCUT2D eigenvalue weighted by atomic mass is 35.5. The van der Waals surface area contributed by atoms with E-state index in [1.807, 2.05) is 5.38 Å². The van der Waals surface area contributed by atoms with Crippen LogP contribution in [-0.2, 0) is 6.54 Å². The highest BCUT2D eigenvalue weighted by molar-refractivity contribution is 7.15. The van der Waals surface area contributed by atoms with Gasteiger partial charge < -0.3 is 10.0 Å². The molecular weight excluding hydrogens is 459 g/mol. The predicted octanol–water partition coefficient (Wildman–Crippen LogP) is 3.38. The van der Waals surface area contributed by atoms with Gasteiger partial charge in [0.05, 0.1) is 20.8 Å². The van der Waals surface area contributed by atoms with Crippen LogP contribution in [0.15, 0.2) is 28.5 Å². The quantitative estimate of drug-likeness (QED) is 0.590. The molecule has 3 heterocycles. The summed E-state index contributed by atoms with van der Waals surface area (Å²) in [7, 11) is 0. The number of hydrogen-bond acceptors (Lipinski definition) is 6. The van der Waals surface area contributed by atoms with Gasteiger partial charge in [-0.1, -0.05) is 34.8 Å². The summed E-state index contributed by atoms with van der Waals surface area (Å²) >= 11 is 19.5. The van der Waals surface area contributed by atoms with Gasteiger partial charge in [-0.25, -0.2) is 4.98 Å². The number of halogens is 3. The summed E-state index contributed by atoms with van der Waals surface area (Å²) in [5.74, 6) is -0.796. The van der Waals surface area contributed by atoms with Crippen LogP contribution in [0.1, 0.15) is 16.1 Å². The van der Waals surface area contributed by atoms with Crippen molar-refractivity contribution in [3.8, 4) is 5.75 Å². The van der Waals surface area contributed by atoms with Gasteiger partial charge in [-0.3, -0.25) is 18.9 Å². The lowest BCUT2D eigenvalue weighted by Gasteiger charge is -2.34. The van der Waals surface area contributed by atoms with Gasteiger partial charge in [-0.15, -0.1) is 11.3 Å². The number of nitrogens with zero attached hydrogens (tertiary/aromatic N) is 4. The number of aromatic hydroxyl groups is 1. The molecule has 3 aromatic rings. The summed E-state index contributed by atoms with van der Waals surface area (Å²) in [4.78, 5) is 33.9. The third-order valence-electron chi connectivity index (χ3n) is 4.76. The van der Waals surface area contributed by atoms with Crippen LogP contribution >= 0.6 is 46.1 Å². The maximum atomic E-state index is 12.9. The highest BCUT2D eigenvalue weighted by Crippen LogP contribution is 2.39. The number of thiazole rings is 1. The third-order valence-corrected chi connectivity index (χ3v) is 6.59. The van der Waals surface area contributed by atoms with E-state index in [1.54, 1.807) is 11.1 Å². The summed E-state index contributed by atoms with van der Waals surface area (Å²) in [6.45, 7) is 2.55. The molecule has 1 aliphatic heterocycles. The van der Waals surface area contributed by atoms with Gasteiger partial charge in [0, 0.05) is 50.4 Å². The summed E-state index contributed by atoms with van der Waals surface area (Å²) < 4.78 is 1.51. The van der Waals surface area contributed by atoms with Crippen molar-refractivity contribution < 1.29 is 9.90 Å². The van der Waals surface area contributed by atoms with Crippen molar-refractivity contribution in [2.75, 3.05) is 26.2 Å². The van der Waals surface area contributed by atoms with Gasteiger partial charge in [-0.05, 0) is 6.07 Å². The van der Waals surface area contributed by atoms with Crippen molar-refractivity contribution >= 4 is 57.0 Å². The van der Waals surface area contributed by atoms with Crippen LogP contribution in [-0.4, -0.2) is 56.4 Å². The number of hydrogen-bond donors (Lipinski definition) is 1. The Bertz CT molecular complexity index is 1130. The smallest absolute Gasteiger partial charge is 0.259 e. The highest BCUT2D eigenvalue weighted by Gasteiger charge is 2.28. The lowest BCUT2D eigenvalue weighted by atomic mass is 10.1. The molecule has 0 bridgehead atoms. The minimum Gasteiger partial charge on any atom is -0.505 e. The first-order chi connectivity index (χ1) is 13.8. The Kier molecular flexibility index (Phi) is 5.72. The van der Waals surface area contributed by atoms with E-state index < -0.39 is 5.91 Å². The molecule has 11 heteroatoms. The molecule has 1 amide bonds. The molecule has 1 saturated heterocycles. The lowest BCUT2D eigenvalue weighted by Crippen LogP contribution is -2.48. The minimum atomic E-state index is -0.423. The summed E-state index contributed by atoms with van der Waals surface area (Å²) in [5, 5.41) is 12.1. The molecule has 152 valence electrons. The zero-order chi connectivity index (χ0) is 20.7. The zero-order valence-corrected chi connectivity index (χ0v) is 18.0. The number of carbonyl (C=O) groups is 1. The van der Waals surface area contributed by atoms with Gasteiger partial charge in [0.2, 0.25) is 0 Å². The van der Waals surface area contributed by atoms with Gasteiger partial charge in [0.25, 0.3) is 11.5 Å². The Labute approximate surface area is 184 Å². The molecule has 1 N–H and O–H groups in total. The molecule has 2 aromatic heterocycles. The molecule has 0 radical (unpaired) electrons. The van der Waals surface area contributed by atoms with Crippen LogP contribution in [0.2, 0.25) is 15.1 Å². The van der Waals surface area contributed by atoms with Gasteiger partial charge in [-0.2, -0.15) is 0 Å². The van der Waals surface area contributed by atoms with Crippen LogP contribution in [0.5, 0.6) is 5.75 Å². The number of rotatable bonds is 3. The molecule has 1 fully saturated rings. The van der Waals surface area contributed by atoms with Crippen LogP contribution < -0.4 is 5.56 Å². The SMILES string of the molecule is O=C(c1c(O)c(Cl)cc(Cl)c1Cl)N1CCN(Cc2cc(=O)n3ccsc3n2)CC1. The fraction of sp³-hybridized carbons (Fsp3) is 0.278. The predicted molar refractivity (Wildman–Crippen MR) is 114 cm³/mol. The topological polar surface area (TPSA) is 78.2 Å². The van der Waals surface area contributed by atoms with E-state index in [4.69, 9.17) is 34.8 Å². The Morgan fingerprint density at radius 1 is 1.14 bits per heavy atom. The number of benzene rings is 1. The summed E-state index contributed by atoms with van der Waals surface area (Å²) in [6, 6.07) is 2.83. The number of phenols is 1. The molecule has 4 rings (SSSR count).